The van der Waals surface area contributed by atoms with Gasteiger partial charge in [-0.3, -0.25) is 4.79 Å². The van der Waals surface area contributed by atoms with Crippen LogP contribution in [0, 0.1) is 0 Å². The second-order valence-corrected chi connectivity index (χ2v) is 5.20. The molecule has 3 heteroatoms. The van der Waals surface area contributed by atoms with Crippen molar-refractivity contribution in [3.8, 4) is 0 Å². The number of carbonyl (C=O) groups excluding carboxylic acids is 1. The van der Waals surface area contributed by atoms with Crippen molar-refractivity contribution in [2.45, 2.75) is 43.0 Å². The minimum atomic E-state index is 0.0867. The van der Waals surface area contributed by atoms with Crippen molar-refractivity contribution in [2.24, 2.45) is 0 Å². The Labute approximate surface area is 81.4 Å². The molecule has 2 rings (SSSR count). The van der Waals surface area contributed by atoms with Crippen LogP contribution in [0.15, 0.2) is 0 Å². The molecule has 0 N–H and O–H groups in total. The van der Waals surface area contributed by atoms with Gasteiger partial charge in [0.2, 0.25) is 5.91 Å². The molecule has 0 bridgehead atoms. The minimum Gasteiger partial charge on any atom is -0.336 e. The second-order valence-electron chi connectivity index (χ2n) is 4.10. The Bertz CT molecular complexity index is 213. The predicted octanol–water partition coefficient (Wildman–Crippen LogP) is 1.92. The molecule has 2 fully saturated rings. The molecule has 1 atom stereocenters. The zero-order chi connectivity index (χ0) is 8.77. The average molecular weight is 232 g/mol. The Hall–Kier alpha value is -0.0500. The molecule has 1 heterocycles. The molecule has 1 saturated heterocycles. The topological polar surface area (TPSA) is 20.3 Å². The highest BCUT2D eigenvalue weighted by Gasteiger charge is 2.47. The summed E-state index contributed by atoms with van der Waals surface area (Å²) in [5.74, 6) is 0.307. The molecular weight excluding hydrogens is 218 g/mol. The van der Waals surface area contributed by atoms with E-state index in [1.807, 2.05) is 0 Å². The summed E-state index contributed by atoms with van der Waals surface area (Å²) in [7, 11) is 0. The quantitative estimate of drug-likeness (QED) is 0.632. The van der Waals surface area contributed by atoms with Crippen molar-refractivity contribution in [3.63, 3.8) is 0 Å². The van der Waals surface area contributed by atoms with Crippen LogP contribution in [-0.4, -0.2) is 27.7 Å². The van der Waals surface area contributed by atoms with Gasteiger partial charge in [-0.2, -0.15) is 0 Å². The lowest BCUT2D eigenvalue weighted by molar-refractivity contribution is -0.135. The largest absolute Gasteiger partial charge is 0.336 e. The Morgan fingerprint density at radius 3 is 2.83 bits per heavy atom. The highest BCUT2D eigenvalue weighted by Crippen LogP contribution is 2.43. The molecule has 12 heavy (non-hydrogen) atoms. The van der Waals surface area contributed by atoms with Gasteiger partial charge in [0.15, 0.2) is 0 Å². The summed E-state index contributed by atoms with van der Waals surface area (Å²) in [5.41, 5.74) is 0.226. The Morgan fingerprint density at radius 1 is 1.58 bits per heavy atom. The van der Waals surface area contributed by atoms with E-state index in [2.05, 4.69) is 27.8 Å². The van der Waals surface area contributed by atoms with Gasteiger partial charge in [-0.1, -0.05) is 15.9 Å². The third-order valence-corrected chi connectivity index (χ3v) is 3.85. The molecule has 0 aromatic carbocycles. The number of amides is 1. The van der Waals surface area contributed by atoms with Gasteiger partial charge < -0.3 is 4.90 Å². The fraction of sp³-hybridized carbons (Fsp3) is 0.889. The minimum absolute atomic E-state index is 0.0867. The molecule has 1 unspecified atom stereocenters. The van der Waals surface area contributed by atoms with Gasteiger partial charge >= 0.3 is 0 Å². The van der Waals surface area contributed by atoms with Crippen LogP contribution in [0.3, 0.4) is 0 Å². The van der Waals surface area contributed by atoms with Crippen LogP contribution in [0.25, 0.3) is 0 Å². The lowest BCUT2D eigenvalue weighted by atomic mass is 10.1. The van der Waals surface area contributed by atoms with Crippen LogP contribution in [0.4, 0.5) is 0 Å². The summed E-state index contributed by atoms with van der Waals surface area (Å²) in [6.07, 6.45) is 4.54. The molecule has 68 valence electrons. The predicted molar refractivity (Wildman–Crippen MR) is 51.3 cm³/mol. The molecule has 2 aliphatic rings. The van der Waals surface area contributed by atoms with Crippen molar-refractivity contribution in [2.75, 3.05) is 6.54 Å². The summed E-state index contributed by atoms with van der Waals surface area (Å²) >= 11 is 3.42. The Kier molecular flexibility index (Phi) is 1.94. The van der Waals surface area contributed by atoms with Crippen LogP contribution >= 0.6 is 15.9 Å². The monoisotopic (exact) mass is 231 g/mol. The SMILES string of the molecule is CC1(N2CCCC(Br)C2=O)CC1. The van der Waals surface area contributed by atoms with E-state index >= 15 is 0 Å². The maximum absolute atomic E-state index is 11.7. The fourth-order valence-corrected chi connectivity index (χ4v) is 2.39. The Morgan fingerprint density at radius 2 is 2.25 bits per heavy atom. The highest BCUT2D eigenvalue weighted by atomic mass is 79.9. The van der Waals surface area contributed by atoms with E-state index in [9.17, 15) is 4.79 Å². The van der Waals surface area contributed by atoms with Crippen molar-refractivity contribution in [1.29, 1.82) is 0 Å². The van der Waals surface area contributed by atoms with E-state index < -0.39 is 0 Å². The number of carbonyl (C=O) groups is 1. The van der Waals surface area contributed by atoms with Gasteiger partial charge in [0.25, 0.3) is 0 Å². The molecule has 2 nitrogen and oxygen atoms in total. The maximum Gasteiger partial charge on any atom is 0.236 e. The lowest BCUT2D eigenvalue weighted by Crippen LogP contribution is -2.47. The number of hydrogen-bond donors (Lipinski definition) is 0. The van der Waals surface area contributed by atoms with Gasteiger partial charge in [0.1, 0.15) is 0 Å². The van der Waals surface area contributed by atoms with E-state index in [0.717, 1.165) is 19.4 Å². The maximum atomic E-state index is 11.7. The lowest BCUT2D eigenvalue weighted by Gasteiger charge is -2.35. The smallest absolute Gasteiger partial charge is 0.236 e. The number of likely N-dealkylation sites (tertiary alicyclic amines) is 1. The van der Waals surface area contributed by atoms with Crippen molar-refractivity contribution in [1.82, 2.24) is 4.90 Å². The summed E-state index contributed by atoms with van der Waals surface area (Å²) in [6, 6.07) is 0. The van der Waals surface area contributed by atoms with Gasteiger partial charge in [0, 0.05) is 12.1 Å². The van der Waals surface area contributed by atoms with Gasteiger partial charge in [-0.15, -0.1) is 0 Å². The number of piperidine rings is 1. The fourth-order valence-electron chi connectivity index (χ4n) is 1.82. The van der Waals surface area contributed by atoms with Crippen LogP contribution in [-0.2, 0) is 4.79 Å². The van der Waals surface area contributed by atoms with Crippen LogP contribution in [0.2, 0.25) is 0 Å². The van der Waals surface area contributed by atoms with Gasteiger partial charge in [0.05, 0.1) is 4.83 Å². The molecular formula is C9H14BrNO. The Balaban J connectivity index is 2.09. The van der Waals surface area contributed by atoms with E-state index in [1.165, 1.54) is 12.8 Å². The summed E-state index contributed by atoms with van der Waals surface area (Å²) < 4.78 is 0. The standard InChI is InChI=1S/C9H14BrNO/c1-9(4-5-9)11-6-2-3-7(10)8(11)12/h7H,2-6H2,1H3. The molecule has 0 aromatic rings. The van der Waals surface area contributed by atoms with Gasteiger partial charge in [-0.05, 0) is 32.6 Å². The molecule has 1 amide bonds. The zero-order valence-corrected chi connectivity index (χ0v) is 8.93. The van der Waals surface area contributed by atoms with Crippen LogP contribution in [0.5, 0.6) is 0 Å². The number of hydrogen-bond acceptors (Lipinski definition) is 1. The van der Waals surface area contributed by atoms with Crippen molar-refractivity contribution >= 4 is 21.8 Å². The zero-order valence-electron chi connectivity index (χ0n) is 7.35. The first-order chi connectivity index (χ1) is 5.63. The summed E-state index contributed by atoms with van der Waals surface area (Å²) in [5, 5.41) is 0. The third-order valence-electron chi connectivity index (χ3n) is 3.00. The van der Waals surface area contributed by atoms with Crippen LogP contribution in [0.1, 0.15) is 32.6 Å². The summed E-state index contributed by atoms with van der Waals surface area (Å²) in [6.45, 7) is 3.16. The van der Waals surface area contributed by atoms with E-state index in [0.29, 0.717) is 5.91 Å². The molecule has 0 radical (unpaired) electrons. The first-order valence-electron chi connectivity index (χ1n) is 4.59. The molecule has 1 aliphatic heterocycles. The first kappa shape index (κ1) is 8.54. The van der Waals surface area contributed by atoms with Crippen molar-refractivity contribution in [3.05, 3.63) is 0 Å². The first-order valence-corrected chi connectivity index (χ1v) is 5.51. The third kappa shape index (κ3) is 1.28. The average Bonchev–Trinajstić information content (AvgIpc) is 2.75. The number of alkyl halides is 1. The summed E-state index contributed by atoms with van der Waals surface area (Å²) in [4.78, 5) is 13.8. The second kappa shape index (κ2) is 2.72. The van der Waals surface area contributed by atoms with E-state index in [-0.39, 0.29) is 10.4 Å². The van der Waals surface area contributed by atoms with E-state index in [1.54, 1.807) is 0 Å². The highest BCUT2D eigenvalue weighted by molar-refractivity contribution is 9.10. The number of rotatable bonds is 1. The number of nitrogens with zero attached hydrogens (tertiary/aromatic N) is 1. The van der Waals surface area contributed by atoms with Gasteiger partial charge in [-0.25, -0.2) is 0 Å². The molecule has 0 aromatic heterocycles. The molecule has 0 spiro atoms. The molecule has 1 aliphatic carbocycles. The van der Waals surface area contributed by atoms with Crippen molar-refractivity contribution < 1.29 is 4.79 Å². The normalized spacial score (nSPS) is 33.7. The number of halogens is 1. The van der Waals surface area contributed by atoms with Crippen LogP contribution < -0.4 is 0 Å². The van der Waals surface area contributed by atoms with E-state index in [4.69, 9.17) is 0 Å². The molecule has 1 saturated carbocycles.